The topological polar surface area (TPSA) is 87.0 Å². The molecule has 0 aliphatic carbocycles. The molecule has 3 aromatic heterocycles. The van der Waals surface area contributed by atoms with Crippen LogP contribution in [-0.2, 0) is 28.8 Å². The molecule has 0 N–H and O–H groups in total. The van der Waals surface area contributed by atoms with E-state index in [0.29, 0.717) is 37.8 Å². The number of thiophene rings is 1. The lowest BCUT2D eigenvalue weighted by Gasteiger charge is -2.29. The molecule has 1 fully saturated rings. The number of morpholine rings is 1. The number of aliphatic carboxylic acids is 1. The number of nitrogens with zero attached hydrogens (tertiary/aromatic N) is 3. The molecule has 0 bridgehead atoms. The lowest BCUT2D eigenvalue weighted by molar-refractivity contribution is -0.297. The number of fused-ring (bicyclic) bond motifs is 1. The second-order valence-electron chi connectivity index (χ2n) is 7.44. The highest BCUT2D eigenvalue weighted by Gasteiger charge is 2.19. The van der Waals surface area contributed by atoms with Gasteiger partial charge in [-0.05, 0) is 66.1 Å². The number of aromatic nitrogens is 2. The van der Waals surface area contributed by atoms with E-state index in [9.17, 15) is 14.7 Å². The molecule has 7 nitrogen and oxygen atoms in total. The molecule has 0 saturated carbocycles. The van der Waals surface area contributed by atoms with Gasteiger partial charge in [0, 0.05) is 24.2 Å². The fraction of sp³-hybridized carbons (Fsp3) is 0.348. The number of pyridine rings is 1. The zero-order valence-corrected chi connectivity index (χ0v) is 18.2. The number of hydrogen-bond donors (Lipinski definition) is 0. The second kappa shape index (κ2) is 9.45. The predicted octanol–water partition coefficient (Wildman–Crippen LogP) is 1.70. The van der Waals surface area contributed by atoms with Crippen molar-refractivity contribution in [2.45, 2.75) is 26.2 Å². The van der Waals surface area contributed by atoms with Crippen molar-refractivity contribution in [3.63, 3.8) is 0 Å². The van der Waals surface area contributed by atoms with Gasteiger partial charge in [-0.15, -0.1) is 11.3 Å². The maximum Gasteiger partial charge on any atom is 0.267 e. The Morgan fingerprint density at radius 2 is 2.06 bits per heavy atom. The number of carbonyl (C=O) groups is 1. The van der Waals surface area contributed by atoms with E-state index in [4.69, 9.17) is 9.72 Å². The molecule has 0 unspecified atom stereocenters. The maximum absolute atomic E-state index is 13.1. The Kier molecular flexibility index (Phi) is 6.48. The molecule has 4 heterocycles. The van der Waals surface area contributed by atoms with Crippen LogP contribution in [-0.4, -0.2) is 41.7 Å². The van der Waals surface area contributed by atoms with E-state index in [1.165, 1.54) is 20.9 Å². The van der Waals surface area contributed by atoms with Crippen LogP contribution >= 0.6 is 11.3 Å². The number of carboxylic acids is 1. The number of hydrogen-bond acceptors (Lipinski definition) is 7. The molecule has 8 heteroatoms. The van der Waals surface area contributed by atoms with E-state index in [2.05, 4.69) is 18.4 Å². The molecule has 4 rings (SSSR count). The van der Waals surface area contributed by atoms with Crippen LogP contribution in [0.25, 0.3) is 11.7 Å². The van der Waals surface area contributed by atoms with Crippen molar-refractivity contribution in [2.75, 3.05) is 31.2 Å². The van der Waals surface area contributed by atoms with Crippen LogP contribution in [0, 0.1) is 0 Å². The SMILES string of the molecule is CCc1csc(CCc2ccn3c(=O)c(/C=C/C(=O)[O-])c(N4CCOCC4)nc3c2)c1. The Labute approximate surface area is 184 Å². The largest absolute Gasteiger partial charge is 0.545 e. The average molecular weight is 439 g/mol. The first-order chi connectivity index (χ1) is 15.0. The summed E-state index contributed by atoms with van der Waals surface area (Å²) in [6, 6.07) is 6.11. The Hall–Kier alpha value is -2.97. The first kappa shape index (κ1) is 21.3. The quantitative estimate of drug-likeness (QED) is 0.522. The van der Waals surface area contributed by atoms with Crippen LogP contribution in [0.3, 0.4) is 0 Å². The van der Waals surface area contributed by atoms with Crippen LogP contribution in [0.1, 0.15) is 28.5 Å². The van der Waals surface area contributed by atoms with E-state index < -0.39 is 5.97 Å². The van der Waals surface area contributed by atoms with Crippen LogP contribution in [0.4, 0.5) is 5.82 Å². The van der Waals surface area contributed by atoms with Gasteiger partial charge in [0.2, 0.25) is 0 Å². The van der Waals surface area contributed by atoms with Gasteiger partial charge in [0.05, 0.1) is 24.7 Å². The molecule has 1 saturated heterocycles. The minimum absolute atomic E-state index is 0.238. The normalized spacial score (nSPS) is 14.5. The Bertz CT molecular complexity index is 1180. The summed E-state index contributed by atoms with van der Waals surface area (Å²) in [5.41, 5.74) is 2.95. The van der Waals surface area contributed by atoms with Crippen LogP contribution in [0.15, 0.2) is 40.6 Å². The molecule has 162 valence electrons. The highest BCUT2D eigenvalue weighted by molar-refractivity contribution is 7.10. The van der Waals surface area contributed by atoms with E-state index >= 15 is 0 Å². The van der Waals surface area contributed by atoms with Crippen molar-refractivity contribution in [2.24, 2.45) is 0 Å². The van der Waals surface area contributed by atoms with E-state index in [1.54, 1.807) is 17.5 Å². The highest BCUT2D eigenvalue weighted by atomic mass is 32.1. The molecule has 0 aromatic carbocycles. The van der Waals surface area contributed by atoms with Gasteiger partial charge in [-0.25, -0.2) is 4.98 Å². The van der Waals surface area contributed by atoms with Crippen molar-refractivity contribution in [1.82, 2.24) is 9.38 Å². The standard InChI is InChI=1S/C23H25N3O4S/c1-2-16-13-18(31-15-16)4-3-17-7-8-26-20(14-17)24-22(25-9-11-30-12-10-25)19(23(26)29)5-6-21(27)28/h5-8,13-15H,2-4,9-12H2,1H3,(H,27,28)/p-1/b6-5+. The monoisotopic (exact) mass is 438 g/mol. The average Bonchev–Trinajstić information content (AvgIpc) is 3.25. The molecule has 0 amide bonds. The van der Waals surface area contributed by atoms with Crippen molar-refractivity contribution in [3.05, 3.63) is 67.8 Å². The van der Waals surface area contributed by atoms with Gasteiger partial charge >= 0.3 is 0 Å². The van der Waals surface area contributed by atoms with Crippen molar-refractivity contribution in [3.8, 4) is 0 Å². The zero-order valence-electron chi connectivity index (χ0n) is 17.4. The summed E-state index contributed by atoms with van der Waals surface area (Å²) in [5.74, 6) is -0.874. The summed E-state index contributed by atoms with van der Waals surface area (Å²) in [4.78, 5) is 32.1. The fourth-order valence-electron chi connectivity index (χ4n) is 3.66. The molecule has 1 aliphatic rings. The number of ether oxygens (including phenoxy) is 1. The van der Waals surface area contributed by atoms with Gasteiger partial charge in [0.1, 0.15) is 11.5 Å². The summed E-state index contributed by atoms with van der Waals surface area (Å²) in [6.07, 6.45) is 6.69. The Morgan fingerprint density at radius 3 is 2.77 bits per heavy atom. The minimum atomic E-state index is -1.35. The Morgan fingerprint density at radius 1 is 1.26 bits per heavy atom. The van der Waals surface area contributed by atoms with E-state index in [1.807, 2.05) is 17.0 Å². The molecule has 1 aliphatic heterocycles. The second-order valence-corrected chi connectivity index (χ2v) is 8.44. The third kappa shape index (κ3) is 4.86. The molecule has 0 spiro atoms. The number of anilines is 1. The lowest BCUT2D eigenvalue weighted by Crippen LogP contribution is -2.38. The number of carboxylic acid groups (broad SMARTS) is 1. The summed E-state index contributed by atoms with van der Waals surface area (Å²) >= 11 is 1.78. The third-order valence-corrected chi connectivity index (χ3v) is 6.43. The first-order valence-corrected chi connectivity index (χ1v) is 11.3. The molecular weight excluding hydrogens is 414 g/mol. The van der Waals surface area contributed by atoms with Crippen LogP contribution in [0.2, 0.25) is 0 Å². The smallest absolute Gasteiger partial charge is 0.267 e. The van der Waals surface area contributed by atoms with Gasteiger partial charge < -0.3 is 19.5 Å². The molecule has 0 atom stereocenters. The van der Waals surface area contributed by atoms with E-state index in [-0.39, 0.29) is 11.1 Å². The Balaban J connectivity index is 1.69. The highest BCUT2D eigenvalue weighted by Crippen LogP contribution is 2.21. The summed E-state index contributed by atoms with van der Waals surface area (Å²) in [6.45, 7) is 4.40. The van der Waals surface area contributed by atoms with Gasteiger partial charge in [-0.3, -0.25) is 9.20 Å². The predicted molar refractivity (Wildman–Crippen MR) is 120 cm³/mol. The van der Waals surface area contributed by atoms with Crippen LogP contribution in [0.5, 0.6) is 0 Å². The van der Waals surface area contributed by atoms with Crippen molar-refractivity contribution >= 4 is 34.8 Å². The van der Waals surface area contributed by atoms with Crippen molar-refractivity contribution in [1.29, 1.82) is 0 Å². The van der Waals surface area contributed by atoms with Gasteiger partial charge in [-0.2, -0.15) is 0 Å². The molecule has 0 radical (unpaired) electrons. The lowest BCUT2D eigenvalue weighted by atomic mass is 10.1. The third-order valence-electron chi connectivity index (χ3n) is 5.38. The van der Waals surface area contributed by atoms with Gasteiger partial charge in [0.15, 0.2) is 0 Å². The summed E-state index contributed by atoms with van der Waals surface area (Å²) in [5, 5.41) is 13.1. The first-order valence-electron chi connectivity index (χ1n) is 10.4. The molecule has 3 aromatic rings. The number of aryl methyl sites for hydroxylation is 3. The maximum atomic E-state index is 13.1. The van der Waals surface area contributed by atoms with Gasteiger partial charge in [-0.1, -0.05) is 6.92 Å². The van der Waals surface area contributed by atoms with Crippen LogP contribution < -0.4 is 15.6 Å². The number of carbonyl (C=O) groups excluding carboxylic acids is 1. The molecule has 31 heavy (non-hydrogen) atoms. The zero-order chi connectivity index (χ0) is 21.8. The number of rotatable bonds is 7. The van der Waals surface area contributed by atoms with Crippen molar-refractivity contribution < 1.29 is 14.6 Å². The summed E-state index contributed by atoms with van der Waals surface area (Å²) < 4.78 is 6.87. The van der Waals surface area contributed by atoms with Gasteiger partial charge in [0.25, 0.3) is 5.56 Å². The fourth-order valence-corrected chi connectivity index (χ4v) is 4.64. The van der Waals surface area contributed by atoms with E-state index in [0.717, 1.165) is 30.9 Å². The minimum Gasteiger partial charge on any atom is -0.545 e. The summed E-state index contributed by atoms with van der Waals surface area (Å²) in [7, 11) is 0. The molecular formula is C23H24N3O4S-.